The summed E-state index contributed by atoms with van der Waals surface area (Å²) >= 11 is 0. The Morgan fingerprint density at radius 2 is 2.15 bits per heavy atom. The SMILES string of the molecule is CN=C(NCCc1nc2ccccc2[nH]1)N1CCOC(C2CCCO2)C1.I. The van der Waals surface area contributed by atoms with Gasteiger partial charge in [-0.3, -0.25) is 4.99 Å². The third kappa shape index (κ3) is 4.91. The summed E-state index contributed by atoms with van der Waals surface area (Å²) in [4.78, 5) is 14.7. The van der Waals surface area contributed by atoms with E-state index in [0.29, 0.717) is 0 Å². The number of ether oxygens (including phenoxy) is 2. The summed E-state index contributed by atoms with van der Waals surface area (Å²) in [6.45, 7) is 4.04. The number of aromatic nitrogens is 2. The largest absolute Gasteiger partial charge is 0.375 e. The Balaban J connectivity index is 0.00000210. The van der Waals surface area contributed by atoms with Crippen LogP contribution in [-0.2, 0) is 15.9 Å². The van der Waals surface area contributed by atoms with E-state index in [9.17, 15) is 0 Å². The highest BCUT2D eigenvalue weighted by Gasteiger charge is 2.32. The summed E-state index contributed by atoms with van der Waals surface area (Å²) in [6, 6.07) is 8.11. The molecule has 8 heteroatoms. The average Bonchev–Trinajstić information content (AvgIpc) is 3.34. The zero-order valence-electron chi connectivity index (χ0n) is 15.7. The normalized spacial score (nSPS) is 23.4. The number of guanidine groups is 1. The van der Waals surface area contributed by atoms with Gasteiger partial charge in [0.15, 0.2) is 5.96 Å². The van der Waals surface area contributed by atoms with Crippen molar-refractivity contribution in [2.45, 2.75) is 31.5 Å². The number of halogens is 1. The molecule has 4 rings (SSSR count). The van der Waals surface area contributed by atoms with Crippen molar-refractivity contribution in [1.29, 1.82) is 0 Å². The van der Waals surface area contributed by atoms with Crippen LogP contribution in [-0.4, -0.2) is 72.9 Å². The number of aromatic amines is 1. The molecule has 2 aliphatic rings. The average molecular weight is 485 g/mol. The second-order valence-corrected chi connectivity index (χ2v) is 6.83. The molecule has 0 amide bonds. The maximum Gasteiger partial charge on any atom is 0.193 e. The number of para-hydroxylation sites is 2. The summed E-state index contributed by atoms with van der Waals surface area (Å²) in [5.74, 6) is 1.92. The van der Waals surface area contributed by atoms with Crippen LogP contribution in [0.4, 0.5) is 0 Å². The van der Waals surface area contributed by atoms with Crippen LogP contribution in [0.25, 0.3) is 11.0 Å². The van der Waals surface area contributed by atoms with Crippen LogP contribution >= 0.6 is 24.0 Å². The molecular formula is C19H28IN5O2. The van der Waals surface area contributed by atoms with Gasteiger partial charge in [-0.25, -0.2) is 4.98 Å². The lowest BCUT2D eigenvalue weighted by Crippen LogP contribution is -2.53. The van der Waals surface area contributed by atoms with Crippen LogP contribution in [0.5, 0.6) is 0 Å². The fourth-order valence-corrected chi connectivity index (χ4v) is 3.74. The number of H-pyrrole nitrogens is 1. The third-order valence-electron chi connectivity index (χ3n) is 5.07. The van der Waals surface area contributed by atoms with Gasteiger partial charge in [-0.1, -0.05) is 12.1 Å². The van der Waals surface area contributed by atoms with Crippen molar-refractivity contribution >= 4 is 41.0 Å². The fourth-order valence-electron chi connectivity index (χ4n) is 3.74. The molecule has 2 fully saturated rings. The molecule has 1 aromatic heterocycles. The first-order chi connectivity index (χ1) is 12.8. The molecule has 0 saturated carbocycles. The van der Waals surface area contributed by atoms with Gasteiger partial charge in [0, 0.05) is 39.7 Å². The standard InChI is InChI=1S/C19H27N5O2.HI/c1-20-19(24-10-12-26-17(13-24)16-7-4-11-25-16)21-9-8-18-22-14-5-2-3-6-15(14)23-18;/h2-3,5-6,16-17H,4,7-13H2,1H3,(H,20,21)(H,22,23);1H. The number of hydrogen-bond donors (Lipinski definition) is 2. The van der Waals surface area contributed by atoms with Crippen molar-refractivity contribution in [3.8, 4) is 0 Å². The van der Waals surface area contributed by atoms with E-state index >= 15 is 0 Å². The number of benzene rings is 1. The van der Waals surface area contributed by atoms with Crippen molar-refractivity contribution in [1.82, 2.24) is 20.2 Å². The molecule has 2 atom stereocenters. The van der Waals surface area contributed by atoms with Gasteiger partial charge in [-0.05, 0) is 25.0 Å². The molecule has 27 heavy (non-hydrogen) atoms. The van der Waals surface area contributed by atoms with Gasteiger partial charge in [0.2, 0.25) is 0 Å². The monoisotopic (exact) mass is 485 g/mol. The molecule has 148 valence electrons. The molecule has 1 aromatic carbocycles. The van der Waals surface area contributed by atoms with Gasteiger partial charge in [-0.2, -0.15) is 0 Å². The number of morpholine rings is 1. The highest BCUT2D eigenvalue weighted by molar-refractivity contribution is 14.0. The zero-order chi connectivity index (χ0) is 17.8. The van der Waals surface area contributed by atoms with Crippen molar-refractivity contribution < 1.29 is 9.47 Å². The van der Waals surface area contributed by atoms with Crippen LogP contribution in [0.3, 0.4) is 0 Å². The lowest BCUT2D eigenvalue weighted by Gasteiger charge is -2.37. The molecule has 2 saturated heterocycles. The smallest absolute Gasteiger partial charge is 0.193 e. The molecule has 7 nitrogen and oxygen atoms in total. The van der Waals surface area contributed by atoms with E-state index < -0.39 is 0 Å². The minimum atomic E-state index is 0. The Kier molecular flexibility index (Phi) is 7.31. The Bertz CT molecular complexity index is 726. The Morgan fingerprint density at radius 3 is 2.93 bits per heavy atom. The summed E-state index contributed by atoms with van der Waals surface area (Å²) in [5.41, 5.74) is 2.10. The Hall–Kier alpha value is -1.39. The highest BCUT2D eigenvalue weighted by atomic mass is 127. The molecule has 2 aliphatic heterocycles. The van der Waals surface area contributed by atoms with E-state index in [4.69, 9.17) is 9.47 Å². The molecule has 0 bridgehead atoms. The minimum Gasteiger partial charge on any atom is -0.375 e. The Labute approximate surface area is 176 Å². The number of nitrogens with one attached hydrogen (secondary N) is 2. The summed E-state index contributed by atoms with van der Waals surface area (Å²) in [5, 5.41) is 3.46. The molecular weight excluding hydrogens is 457 g/mol. The second kappa shape index (κ2) is 9.70. The van der Waals surface area contributed by atoms with Crippen LogP contribution in [0, 0.1) is 0 Å². The molecule has 0 radical (unpaired) electrons. The van der Waals surface area contributed by atoms with E-state index in [2.05, 4.69) is 31.2 Å². The minimum absolute atomic E-state index is 0. The van der Waals surface area contributed by atoms with E-state index in [1.807, 2.05) is 25.2 Å². The lowest BCUT2D eigenvalue weighted by molar-refractivity contribution is -0.0816. The fraction of sp³-hybridized carbons (Fsp3) is 0.579. The molecule has 3 heterocycles. The van der Waals surface area contributed by atoms with Crippen LogP contribution < -0.4 is 5.32 Å². The summed E-state index contributed by atoms with van der Waals surface area (Å²) in [6.07, 6.45) is 3.42. The maximum absolute atomic E-state index is 5.93. The molecule has 2 N–H and O–H groups in total. The molecule has 0 spiro atoms. The van der Waals surface area contributed by atoms with Gasteiger partial charge >= 0.3 is 0 Å². The van der Waals surface area contributed by atoms with Gasteiger partial charge < -0.3 is 24.7 Å². The number of fused-ring (bicyclic) bond motifs is 1. The van der Waals surface area contributed by atoms with Crippen molar-refractivity contribution in [2.75, 3.05) is 39.9 Å². The lowest BCUT2D eigenvalue weighted by atomic mass is 10.1. The van der Waals surface area contributed by atoms with Gasteiger partial charge in [0.1, 0.15) is 11.9 Å². The van der Waals surface area contributed by atoms with Crippen LogP contribution in [0.2, 0.25) is 0 Å². The van der Waals surface area contributed by atoms with Crippen molar-refractivity contribution in [2.24, 2.45) is 4.99 Å². The third-order valence-corrected chi connectivity index (χ3v) is 5.07. The van der Waals surface area contributed by atoms with Gasteiger partial charge in [0.05, 0.1) is 23.7 Å². The summed E-state index contributed by atoms with van der Waals surface area (Å²) in [7, 11) is 1.83. The first-order valence-corrected chi connectivity index (χ1v) is 9.46. The topological polar surface area (TPSA) is 74.8 Å². The second-order valence-electron chi connectivity index (χ2n) is 6.83. The predicted molar refractivity (Wildman–Crippen MR) is 117 cm³/mol. The number of imidazole rings is 1. The quantitative estimate of drug-likeness (QED) is 0.395. The van der Waals surface area contributed by atoms with Gasteiger partial charge in [0.25, 0.3) is 0 Å². The van der Waals surface area contributed by atoms with E-state index in [-0.39, 0.29) is 36.2 Å². The Morgan fingerprint density at radius 1 is 1.30 bits per heavy atom. The number of rotatable bonds is 4. The maximum atomic E-state index is 5.93. The van der Waals surface area contributed by atoms with Crippen LogP contribution in [0.1, 0.15) is 18.7 Å². The van der Waals surface area contributed by atoms with Gasteiger partial charge in [-0.15, -0.1) is 24.0 Å². The number of aliphatic imine (C=N–C) groups is 1. The first kappa shape index (κ1) is 20.3. The van der Waals surface area contributed by atoms with Crippen molar-refractivity contribution in [3.63, 3.8) is 0 Å². The molecule has 2 aromatic rings. The number of nitrogens with zero attached hydrogens (tertiary/aromatic N) is 3. The van der Waals surface area contributed by atoms with E-state index in [0.717, 1.165) is 74.9 Å². The highest BCUT2D eigenvalue weighted by Crippen LogP contribution is 2.21. The number of hydrogen-bond acceptors (Lipinski definition) is 4. The van der Waals surface area contributed by atoms with E-state index in [1.54, 1.807) is 0 Å². The van der Waals surface area contributed by atoms with Crippen LogP contribution in [0.15, 0.2) is 29.3 Å². The zero-order valence-corrected chi connectivity index (χ0v) is 18.0. The molecule has 2 unspecified atom stereocenters. The first-order valence-electron chi connectivity index (χ1n) is 9.46. The predicted octanol–water partition coefficient (Wildman–Crippen LogP) is 2.18. The molecule has 0 aliphatic carbocycles. The summed E-state index contributed by atoms with van der Waals surface area (Å²) < 4.78 is 11.7. The van der Waals surface area contributed by atoms with Crippen molar-refractivity contribution in [3.05, 3.63) is 30.1 Å². The van der Waals surface area contributed by atoms with E-state index in [1.165, 1.54) is 0 Å².